The van der Waals surface area contributed by atoms with Crippen LogP contribution in [0.1, 0.15) is 24.5 Å². The topological polar surface area (TPSA) is 30.5 Å². The molecule has 1 aromatic rings. The van der Waals surface area contributed by atoms with E-state index in [1.54, 1.807) is 7.11 Å². The average Bonchev–Trinajstić information content (AvgIpc) is 2.35. The first-order valence-corrected chi connectivity index (χ1v) is 5.89. The molecule has 0 bridgehead atoms. The summed E-state index contributed by atoms with van der Waals surface area (Å²) < 4.78 is 11.2. The molecule has 0 spiro atoms. The van der Waals surface area contributed by atoms with Crippen LogP contribution in [0.15, 0.2) is 12.1 Å². The van der Waals surface area contributed by atoms with E-state index >= 15 is 0 Å². The summed E-state index contributed by atoms with van der Waals surface area (Å²) in [4.78, 5) is 0. The number of fused-ring (bicyclic) bond motifs is 1. The van der Waals surface area contributed by atoms with Crippen LogP contribution in [0.4, 0.5) is 0 Å². The van der Waals surface area contributed by atoms with Gasteiger partial charge in [-0.25, -0.2) is 0 Å². The van der Waals surface area contributed by atoms with E-state index in [4.69, 9.17) is 9.47 Å². The molecule has 0 amide bonds. The highest BCUT2D eigenvalue weighted by atomic mass is 35.5. The number of halogens is 1. The third-order valence-electron chi connectivity index (χ3n) is 2.85. The molecule has 2 rings (SSSR count). The zero-order valence-electron chi connectivity index (χ0n) is 10.4. The van der Waals surface area contributed by atoms with E-state index in [2.05, 4.69) is 18.3 Å². The van der Waals surface area contributed by atoms with Gasteiger partial charge in [-0.05, 0) is 31.0 Å². The summed E-state index contributed by atoms with van der Waals surface area (Å²) in [5, 5.41) is 3.36. The first-order valence-electron chi connectivity index (χ1n) is 5.89. The fraction of sp³-hybridized carbons (Fsp3) is 0.538. The first kappa shape index (κ1) is 14.1. The third-order valence-corrected chi connectivity index (χ3v) is 2.85. The van der Waals surface area contributed by atoms with Crippen LogP contribution in [0, 0.1) is 0 Å². The number of nitrogens with one attached hydrogen (secondary N) is 1. The summed E-state index contributed by atoms with van der Waals surface area (Å²) in [6.07, 6.45) is 2.03. The summed E-state index contributed by atoms with van der Waals surface area (Å²) in [7, 11) is 1.72. The minimum Gasteiger partial charge on any atom is -0.493 e. The molecule has 96 valence electrons. The second kappa shape index (κ2) is 6.72. The van der Waals surface area contributed by atoms with Gasteiger partial charge in [0.15, 0.2) is 11.5 Å². The Morgan fingerprint density at radius 3 is 2.88 bits per heavy atom. The molecule has 0 atom stereocenters. The van der Waals surface area contributed by atoms with Crippen molar-refractivity contribution in [3.05, 3.63) is 23.3 Å². The highest BCUT2D eigenvalue weighted by molar-refractivity contribution is 5.85. The third kappa shape index (κ3) is 3.05. The molecule has 0 fully saturated rings. The molecule has 0 saturated heterocycles. The van der Waals surface area contributed by atoms with Crippen LogP contribution in [-0.2, 0) is 13.0 Å². The second-order valence-electron chi connectivity index (χ2n) is 4.01. The molecule has 1 N–H and O–H groups in total. The number of benzene rings is 1. The molecule has 1 heterocycles. The van der Waals surface area contributed by atoms with Gasteiger partial charge in [0, 0.05) is 12.1 Å². The maximum atomic E-state index is 5.70. The van der Waals surface area contributed by atoms with Crippen LogP contribution in [0.5, 0.6) is 11.5 Å². The molecule has 0 aliphatic carbocycles. The van der Waals surface area contributed by atoms with Crippen LogP contribution in [0.25, 0.3) is 0 Å². The molecule has 1 aromatic carbocycles. The van der Waals surface area contributed by atoms with E-state index < -0.39 is 0 Å². The SMILES string of the molecule is CCCOc1ccc2c(c1OC)CCNC2.Cl. The van der Waals surface area contributed by atoms with Crippen molar-refractivity contribution in [1.29, 1.82) is 0 Å². The van der Waals surface area contributed by atoms with Gasteiger partial charge >= 0.3 is 0 Å². The maximum Gasteiger partial charge on any atom is 0.164 e. The van der Waals surface area contributed by atoms with Crippen LogP contribution >= 0.6 is 12.4 Å². The predicted molar refractivity (Wildman–Crippen MR) is 71.4 cm³/mol. The van der Waals surface area contributed by atoms with Gasteiger partial charge in [-0.1, -0.05) is 13.0 Å². The summed E-state index contributed by atoms with van der Waals surface area (Å²) in [6.45, 7) is 4.79. The minimum absolute atomic E-state index is 0. The molecule has 0 aromatic heterocycles. The summed E-state index contributed by atoms with van der Waals surface area (Å²) in [5.41, 5.74) is 2.63. The van der Waals surface area contributed by atoms with Crippen molar-refractivity contribution >= 4 is 12.4 Å². The van der Waals surface area contributed by atoms with E-state index in [1.807, 2.05) is 6.07 Å². The van der Waals surface area contributed by atoms with Crippen molar-refractivity contribution in [3.63, 3.8) is 0 Å². The zero-order valence-corrected chi connectivity index (χ0v) is 11.2. The molecule has 1 aliphatic heterocycles. The van der Waals surface area contributed by atoms with Gasteiger partial charge in [0.1, 0.15) is 0 Å². The minimum atomic E-state index is 0. The lowest BCUT2D eigenvalue weighted by atomic mass is 9.99. The Morgan fingerprint density at radius 1 is 1.35 bits per heavy atom. The van der Waals surface area contributed by atoms with Gasteiger partial charge in [-0.3, -0.25) is 0 Å². The Labute approximate surface area is 109 Å². The van der Waals surface area contributed by atoms with Crippen LogP contribution in [0.2, 0.25) is 0 Å². The number of ether oxygens (including phenoxy) is 2. The van der Waals surface area contributed by atoms with Crippen molar-refractivity contribution in [2.24, 2.45) is 0 Å². The summed E-state index contributed by atoms with van der Waals surface area (Å²) in [5.74, 6) is 1.80. The lowest BCUT2D eigenvalue weighted by Gasteiger charge is -2.21. The molecule has 0 radical (unpaired) electrons. The Balaban J connectivity index is 0.00000144. The van der Waals surface area contributed by atoms with E-state index in [1.165, 1.54) is 11.1 Å². The standard InChI is InChI=1S/C13H19NO2.ClH/c1-3-8-16-12-5-4-10-9-14-7-6-11(10)13(12)15-2;/h4-5,14H,3,6-9H2,1-2H3;1H. The first-order chi connectivity index (χ1) is 7.86. The quantitative estimate of drug-likeness (QED) is 0.899. The second-order valence-corrected chi connectivity index (χ2v) is 4.01. The van der Waals surface area contributed by atoms with Crippen molar-refractivity contribution in [2.75, 3.05) is 20.3 Å². The molecule has 0 unspecified atom stereocenters. The van der Waals surface area contributed by atoms with Gasteiger partial charge in [-0.2, -0.15) is 0 Å². The maximum absolute atomic E-state index is 5.70. The number of rotatable bonds is 4. The normalized spacial score (nSPS) is 13.5. The molecular formula is C13H20ClNO2. The lowest BCUT2D eigenvalue weighted by Crippen LogP contribution is -2.24. The molecule has 17 heavy (non-hydrogen) atoms. The molecular weight excluding hydrogens is 238 g/mol. The van der Waals surface area contributed by atoms with Crippen LogP contribution < -0.4 is 14.8 Å². The van der Waals surface area contributed by atoms with Crippen LogP contribution in [-0.4, -0.2) is 20.3 Å². The summed E-state index contributed by atoms with van der Waals surface area (Å²) in [6, 6.07) is 4.15. The molecule has 1 aliphatic rings. The molecule has 4 heteroatoms. The molecule has 3 nitrogen and oxygen atoms in total. The Morgan fingerprint density at radius 2 is 2.18 bits per heavy atom. The Hall–Kier alpha value is -0.930. The van der Waals surface area contributed by atoms with Gasteiger partial charge in [-0.15, -0.1) is 12.4 Å². The van der Waals surface area contributed by atoms with Gasteiger partial charge in [0.05, 0.1) is 13.7 Å². The number of hydrogen-bond acceptors (Lipinski definition) is 3. The average molecular weight is 258 g/mol. The number of methoxy groups -OCH3 is 1. The highest BCUT2D eigenvalue weighted by Crippen LogP contribution is 2.35. The monoisotopic (exact) mass is 257 g/mol. The highest BCUT2D eigenvalue weighted by Gasteiger charge is 2.17. The van der Waals surface area contributed by atoms with Crippen molar-refractivity contribution in [2.45, 2.75) is 26.3 Å². The fourth-order valence-electron chi connectivity index (χ4n) is 2.07. The number of hydrogen-bond donors (Lipinski definition) is 1. The van der Waals surface area contributed by atoms with E-state index in [0.717, 1.165) is 44.0 Å². The van der Waals surface area contributed by atoms with E-state index in [9.17, 15) is 0 Å². The smallest absolute Gasteiger partial charge is 0.164 e. The lowest BCUT2D eigenvalue weighted by molar-refractivity contribution is 0.292. The van der Waals surface area contributed by atoms with Crippen molar-refractivity contribution in [3.8, 4) is 11.5 Å². The molecule has 0 saturated carbocycles. The van der Waals surface area contributed by atoms with Crippen molar-refractivity contribution < 1.29 is 9.47 Å². The van der Waals surface area contributed by atoms with Crippen molar-refractivity contribution in [1.82, 2.24) is 5.32 Å². The summed E-state index contributed by atoms with van der Waals surface area (Å²) >= 11 is 0. The van der Waals surface area contributed by atoms with E-state index in [-0.39, 0.29) is 12.4 Å². The van der Waals surface area contributed by atoms with Gasteiger partial charge in [0.2, 0.25) is 0 Å². The fourth-order valence-corrected chi connectivity index (χ4v) is 2.07. The Bertz CT molecular complexity index is 369. The zero-order chi connectivity index (χ0) is 11.4. The largest absolute Gasteiger partial charge is 0.493 e. The van der Waals surface area contributed by atoms with Gasteiger partial charge in [0.25, 0.3) is 0 Å². The van der Waals surface area contributed by atoms with Gasteiger partial charge < -0.3 is 14.8 Å². The van der Waals surface area contributed by atoms with E-state index in [0.29, 0.717) is 0 Å². The Kier molecular flexibility index (Phi) is 5.59. The predicted octanol–water partition coefficient (Wildman–Crippen LogP) is 2.55. The van der Waals surface area contributed by atoms with Crippen LogP contribution in [0.3, 0.4) is 0 Å².